The molecule has 24 heavy (non-hydrogen) atoms. The number of nitro groups is 1. The molecule has 0 amide bonds. The number of rotatable bonds is 2. The lowest BCUT2D eigenvalue weighted by atomic mass is 10.1. The second-order valence-electron chi connectivity index (χ2n) is 4.51. The molecule has 0 unspecified atom stereocenters. The van der Waals surface area contributed by atoms with Crippen LogP contribution in [-0.4, -0.2) is 4.92 Å². The summed E-state index contributed by atoms with van der Waals surface area (Å²) in [5.74, 6) is 0. The van der Waals surface area contributed by atoms with E-state index in [2.05, 4.69) is 22.6 Å². The van der Waals surface area contributed by atoms with Crippen LogP contribution in [0.4, 0.5) is 5.69 Å². The Kier molecular flexibility index (Phi) is 7.28. The van der Waals surface area contributed by atoms with Crippen LogP contribution in [0.1, 0.15) is 5.69 Å². The highest BCUT2D eigenvalue weighted by molar-refractivity contribution is 14.1. The van der Waals surface area contributed by atoms with Gasteiger partial charge in [0.1, 0.15) is 7.05 Å². The van der Waals surface area contributed by atoms with Crippen molar-refractivity contribution in [1.29, 1.82) is 0 Å². The average Bonchev–Trinajstić information content (AvgIpc) is 2.44. The highest BCUT2D eigenvalue weighted by Crippen LogP contribution is 2.29. The van der Waals surface area contributed by atoms with Gasteiger partial charge in [0.2, 0.25) is 0 Å². The van der Waals surface area contributed by atoms with Crippen LogP contribution in [0.15, 0.2) is 30.3 Å². The van der Waals surface area contributed by atoms with Gasteiger partial charge in [0.15, 0.2) is 5.69 Å². The first-order chi connectivity index (χ1) is 10.9. The predicted molar refractivity (Wildman–Crippen MR) is 82.2 cm³/mol. The first-order valence-corrected chi connectivity index (χ1v) is 8.82. The highest BCUT2D eigenvalue weighted by atomic mass is 127. The van der Waals surface area contributed by atoms with Gasteiger partial charge in [-0.25, -0.2) is 18.6 Å². The van der Waals surface area contributed by atoms with Crippen LogP contribution < -0.4 is 23.2 Å². The standard InChI is InChI=1S/C13H11ClIN2O2.ClHO4/c1-8-11(15)7-12(17(18)19)13(16(8)2)9-3-5-10(14)6-4-9;2-1(3,4)5/h3-7H,1-2H3;(H,2,3,4,5)/q+1;/p-1. The van der Waals surface area contributed by atoms with E-state index in [1.54, 1.807) is 30.3 Å². The SMILES string of the molecule is Cc1c(I)cc([N+](=O)[O-])c(-c2ccc(Cl)cc2)[n+]1C.[O-][Cl+3]([O-])([O-])[O-]. The molecule has 0 fully saturated rings. The van der Waals surface area contributed by atoms with Gasteiger partial charge in [0.25, 0.3) is 5.69 Å². The van der Waals surface area contributed by atoms with E-state index >= 15 is 0 Å². The van der Waals surface area contributed by atoms with E-state index in [1.807, 2.05) is 18.5 Å². The lowest BCUT2D eigenvalue weighted by molar-refractivity contribution is -2.00. The van der Waals surface area contributed by atoms with Crippen molar-refractivity contribution in [2.75, 3.05) is 0 Å². The zero-order valence-corrected chi connectivity index (χ0v) is 16.0. The van der Waals surface area contributed by atoms with Gasteiger partial charge >= 0.3 is 5.69 Å². The van der Waals surface area contributed by atoms with E-state index in [1.165, 1.54) is 0 Å². The molecule has 8 nitrogen and oxygen atoms in total. The van der Waals surface area contributed by atoms with E-state index in [4.69, 9.17) is 30.2 Å². The summed E-state index contributed by atoms with van der Waals surface area (Å²) in [7, 11) is -3.12. The maximum absolute atomic E-state index is 11.2. The van der Waals surface area contributed by atoms with Crippen LogP contribution >= 0.6 is 34.2 Å². The summed E-state index contributed by atoms with van der Waals surface area (Å²) < 4.78 is 36.7. The van der Waals surface area contributed by atoms with Gasteiger partial charge in [0, 0.05) is 18.0 Å². The number of aromatic nitrogens is 1. The van der Waals surface area contributed by atoms with E-state index in [9.17, 15) is 10.1 Å². The highest BCUT2D eigenvalue weighted by Gasteiger charge is 2.28. The molecule has 0 radical (unpaired) electrons. The molecule has 0 aliphatic carbocycles. The minimum atomic E-state index is -4.94. The Hall–Kier alpha value is -1.08. The molecule has 0 saturated heterocycles. The molecule has 1 aromatic heterocycles. The number of nitrogens with zero attached hydrogens (tertiary/aromatic N) is 2. The van der Waals surface area contributed by atoms with Crippen molar-refractivity contribution in [3.63, 3.8) is 0 Å². The Bertz CT molecular complexity index is 744. The molecule has 11 heteroatoms. The minimum Gasteiger partial charge on any atom is -0.258 e. The summed E-state index contributed by atoms with van der Waals surface area (Å²) >= 11 is 7.96. The molecule has 1 aromatic carbocycles. The average molecular weight is 489 g/mol. The fourth-order valence-corrected chi connectivity index (χ4v) is 2.66. The lowest BCUT2D eigenvalue weighted by Crippen LogP contribution is -2.68. The molecule has 0 spiro atoms. The number of benzene rings is 1. The second-order valence-corrected chi connectivity index (χ2v) is 6.87. The molecular weight excluding hydrogens is 478 g/mol. The molecule has 0 N–H and O–H groups in total. The van der Waals surface area contributed by atoms with Crippen molar-refractivity contribution in [3.05, 3.63) is 54.7 Å². The van der Waals surface area contributed by atoms with E-state index in [0.29, 0.717) is 10.7 Å². The zero-order chi connectivity index (χ0) is 18.7. The summed E-state index contributed by atoms with van der Waals surface area (Å²) in [6, 6.07) is 8.63. The topological polar surface area (TPSA) is 139 Å². The molecule has 0 aliphatic rings. The van der Waals surface area contributed by atoms with Gasteiger partial charge in [-0.05, 0) is 46.9 Å². The minimum absolute atomic E-state index is 0.0971. The largest absolute Gasteiger partial charge is 0.341 e. The van der Waals surface area contributed by atoms with Gasteiger partial charge in [0.05, 0.1) is 14.1 Å². The van der Waals surface area contributed by atoms with E-state index in [-0.39, 0.29) is 10.6 Å². The summed E-state index contributed by atoms with van der Waals surface area (Å²) in [5, 5.41) is 11.8. The molecule has 0 aliphatic heterocycles. The predicted octanol–water partition coefficient (Wildman–Crippen LogP) is -1.10. The smallest absolute Gasteiger partial charge is 0.258 e. The van der Waals surface area contributed by atoms with E-state index in [0.717, 1.165) is 14.8 Å². The number of hydrogen-bond donors (Lipinski definition) is 0. The van der Waals surface area contributed by atoms with Crippen molar-refractivity contribution in [2.45, 2.75) is 6.92 Å². The fraction of sp³-hybridized carbons (Fsp3) is 0.154. The normalized spacial score (nSPS) is 10.8. The molecule has 0 atom stereocenters. The maximum Gasteiger partial charge on any atom is 0.341 e. The molecule has 130 valence electrons. The monoisotopic (exact) mass is 488 g/mol. The van der Waals surface area contributed by atoms with Gasteiger partial charge in [-0.2, -0.15) is 4.57 Å². The third-order valence-electron chi connectivity index (χ3n) is 3.00. The summed E-state index contributed by atoms with van der Waals surface area (Å²) in [4.78, 5) is 10.9. The Morgan fingerprint density at radius 1 is 1.17 bits per heavy atom. The summed E-state index contributed by atoms with van der Waals surface area (Å²) in [5.41, 5.74) is 2.44. The van der Waals surface area contributed by atoms with Crippen LogP contribution in [0.3, 0.4) is 0 Å². The molecule has 2 rings (SSSR count). The lowest BCUT2D eigenvalue weighted by Gasteiger charge is -2.17. The Morgan fingerprint density at radius 3 is 2.04 bits per heavy atom. The first kappa shape index (κ1) is 21.0. The summed E-state index contributed by atoms with van der Waals surface area (Å²) in [6.45, 7) is 1.94. The van der Waals surface area contributed by atoms with Crippen molar-refractivity contribution in [2.24, 2.45) is 7.05 Å². The number of hydrogen-bond acceptors (Lipinski definition) is 6. The number of pyridine rings is 1. The van der Waals surface area contributed by atoms with Gasteiger partial charge in [-0.15, -0.1) is 10.2 Å². The van der Waals surface area contributed by atoms with Crippen molar-refractivity contribution in [1.82, 2.24) is 0 Å². The number of halogens is 3. The molecule has 0 bridgehead atoms. The molecule has 2 aromatic rings. The molecular formula is C13H11Cl2IN2O6. The van der Waals surface area contributed by atoms with Crippen LogP contribution in [-0.2, 0) is 7.05 Å². The zero-order valence-electron chi connectivity index (χ0n) is 12.4. The van der Waals surface area contributed by atoms with Gasteiger partial charge in [-0.1, -0.05) is 11.6 Å². The van der Waals surface area contributed by atoms with Crippen molar-refractivity contribution >= 4 is 39.9 Å². The van der Waals surface area contributed by atoms with Crippen LogP contribution in [0, 0.1) is 30.9 Å². The quantitative estimate of drug-likeness (QED) is 0.227. The first-order valence-electron chi connectivity index (χ1n) is 6.13. The van der Waals surface area contributed by atoms with Gasteiger partial charge in [-0.3, -0.25) is 10.1 Å². The van der Waals surface area contributed by atoms with Gasteiger partial charge < -0.3 is 0 Å². The van der Waals surface area contributed by atoms with E-state index < -0.39 is 10.2 Å². The van der Waals surface area contributed by atoms with Crippen LogP contribution in [0.2, 0.25) is 5.02 Å². The van der Waals surface area contributed by atoms with Crippen LogP contribution in [0.5, 0.6) is 0 Å². The maximum atomic E-state index is 11.2. The molecule has 1 heterocycles. The Morgan fingerprint density at radius 2 is 1.62 bits per heavy atom. The Balaban J connectivity index is 0.000000505. The van der Waals surface area contributed by atoms with Crippen LogP contribution in [0.25, 0.3) is 11.3 Å². The third kappa shape index (κ3) is 6.09. The van der Waals surface area contributed by atoms with Crippen molar-refractivity contribution < 1.29 is 38.4 Å². The van der Waals surface area contributed by atoms with Crippen molar-refractivity contribution in [3.8, 4) is 11.3 Å². The fourth-order valence-electron chi connectivity index (χ4n) is 1.88. The Labute approximate surface area is 158 Å². The molecule has 0 saturated carbocycles. The third-order valence-corrected chi connectivity index (χ3v) is 4.35. The second kappa shape index (κ2) is 8.34. The summed E-state index contributed by atoms with van der Waals surface area (Å²) in [6.07, 6.45) is 0.